The summed E-state index contributed by atoms with van der Waals surface area (Å²) in [6, 6.07) is 6.49. The summed E-state index contributed by atoms with van der Waals surface area (Å²) >= 11 is 1.67. The number of hydrogen-bond donors (Lipinski definition) is 1. The summed E-state index contributed by atoms with van der Waals surface area (Å²) in [5.74, 6) is 0.0582. The Morgan fingerprint density at radius 3 is 2.95 bits per heavy atom. The van der Waals surface area contributed by atoms with Crippen LogP contribution >= 0.6 is 11.3 Å². The van der Waals surface area contributed by atoms with Gasteiger partial charge in [0.25, 0.3) is 0 Å². The highest BCUT2D eigenvalue weighted by atomic mass is 32.1. The van der Waals surface area contributed by atoms with Gasteiger partial charge in [-0.05, 0) is 48.1 Å². The first-order chi connectivity index (χ1) is 10.2. The lowest BCUT2D eigenvalue weighted by atomic mass is 10.2. The SMILES string of the molecule is O=C(O)C=Cc1ccsc1CN(Cc1ccco1)C1CC1. The third-order valence-corrected chi connectivity index (χ3v) is 4.46. The van der Waals surface area contributed by atoms with Gasteiger partial charge in [0.15, 0.2) is 0 Å². The molecule has 0 spiro atoms. The summed E-state index contributed by atoms with van der Waals surface area (Å²) in [5, 5.41) is 10.8. The Hall–Kier alpha value is -1.85. The van der Waals surface area contributed by atoms with E-state index in [1.54, 1.807) is 23.7 Å². The number of carbonyl (C=O) groups is 1. The monoisotopic (exact) mass is 303 g/mol. The Balaban J connectivity index is 1.71. The number of rotatable bonds is 7. The Morgan fingerprint density at radius 1 is 1.43 bits per heavy atom. The van der Waals surface area contributed by atoms with E-state index in [1.165, 1.54) is 23.8 Å². The van der Waals surface area contributed by atoms with Crippen LogP contribution in [0.3, 0.4) is 0 Å². The molecule has 1 fully saturated rings. The van der Waals surface area contributed by atoms with Crippen LogP contribution in [0, 0.1) is 0 Å². The molecule has 0 aromatic carbocycles. The van der Waals surface area contributed by atoms with E-state index in [4.69, 9.17) is 9.52 Å². The van der Waals surface area contributed by atoms with Gasteiger partial charge in [-0.1, -0.05) is 0 Å². The minimum Gasteiger partial charge on any atom is -0.478 e. The lowest BCUT2D eigenvalue weighted by Crippen LogP contribution is -2.24. The zero-order chi connectivity index (χ0) is 14.7. The first-order valence-corrected chi connectivity index (χ1v) is 7.84. The summed E-state index contributed by atoms with van der Waals surface area (Å²) in [6.45, 7) is 1.64. The molecular weight excluding hydrogens is 286 g/mol. The largest absolute Gasteiger partial charge is 0.478 e. The van der Waals surface area contributed by atoms with Gasteiger partial charge in [0.05, 0.1) is 12.8 Å². The molecular formula is C16H17NO3S. The maximum absolute atomic E-state index is 10.7. The quantitative estimate of drug-likeness (QED) is 0.794. The predicted molar refractivity (Wildman–Crippen MR) is 82.0 cm³/mol. The second-order valence-electron chi connectivity index (χ2n) is 5.19. The Bertz CT molecular complexity index is 626. The van der Waals surface area contributed by atoms with E-state index in [2.05, 4.69) is 4.90 Å². The van der Waals surface area contributed by atoms with Crippen LogP contribution in [0.2, 0.25) is 0 Å². The average Bonchev–Trinajstić information content (AvgIpc) is 3.00. The lowest BCUT2D eigenvalue weighted by molar-refractivity contribution is -0.131. The number of carboxylic acid groups (broad SMARTS) is 1. The van der Waals surface area contributed by atoms with Gasteiger partial charge in [0.2, 0.25) is 0 Å². The van der Waals surface area contributed by atoms with Gasteiger partial charge in [-0.25, -0.2) is 4.79 Å². The van der Waals surface area contributed by atoms with Gasteiger partial charge in [-0.15, -0.1) is 11.3 Å². The van der Waals surface area contributed by atoms with Crippen molar-refractivity contribution in [2.24, 2.45) is 0 Å². The Kier molecular flexibility index (Phi) is 4.22. The fourth-order valence-corrected chi connectivity index (χ4v) is 3.22. The smallest absolute Gasteiger partial charge is 0.328 e. The highest BCUT2D eigenvalue weighted by molar-refractivity contribution is 7.10. The zero-order valence-corrected chi connectivity index (χ0v) is 12.4. The van der Waals surface area contributed by atoms with Gasteiger partial charge in [-0.2, -0.15) is 0 Å². The summed E-state index contributed by atoms with van der Waals surface area (Å²) in [7, 11) is 0. The summed E-state index contributed by atoms with van der Waals surface area (Å²) in [5.41, 5.74) is 0.993. The van der Waals surface area contributed by atoms with Gasteiger partial charge in [0, 0.05) is 23.5 Å². The molecule has 0 unspecified atom stereocenters. The van der Waals surface area contributed by atoms with E-state index < -0.39 is 5.97 Å². The van der Waals surface area contributed by atoms with Crippen molar-refractivity contribution < 1.29 is 14.3 Å². The highest BCUT2D eigenvalue weighted by Gasteiger charge is 2.30. The van der Waals surface area contributed by atoms with Crippen LogP contribution in [0.1, 0.15) is 29.0 Å². The van der Waals surface area contributed by atoms with E-state index in [0.717, 1.165) is 24.4 Å². The molecule has 1 N–H and O–H groups in total. The van der Waals surface area contributed by atoms with Crippen molar-refractivity contribution in [3.63, 3.8) is 0 Å². The molecule has 110 valence electrons. The lowest BCUT2D eigenvalue weighted by Gasteiger charge is -2.20. The third-order valence-electron chi connectivity index (χ3n) is 3.53. The van der Waals surface area contributed by atoms with Gasteiger partial charge >= 0.3 is 5.97 Å². The molecule has 4 nitrogen and oxygen atoms in total. The summed E-state index contributed by atoms with van der Waals surface area (Å²) < 4.78 is 5.44. The number of furan rings is 1. The molecule has 3 rings (SSSR count). The summed E-state index contributed by atoms with van der Waals surface area (Å²) in [6.07, 6.45) is 7.02. The molecule has 0 radical (unpaired) electrons. The minimum absolute atomic E-state index is 0.619. The van der Waals surface area contributed by atoms with Gasteiger partial charge < -0.3 is 9.52 Å². The van der Waals surface area contributed by atoms with E-state index in [-0.39, 0.29) is 0 Å². The van der Waals surface area contributed by atoms with Crippen LogP contribution in [-0.2, 0) is 17.9 Å². The molecule has 2 aromatic heterocycles. The molecule has 2 heterocycles. The molecule has 2 aromatic rings. The third kappa shape index (κ3) is 3.83. The normalized spacial score (nSPS) is 15.1. The number of thiophene rings is 1. The van der Waals surface area contributed by atoms with Crippen LogP contribution in [-0.4, -0.2) is 22.0 Å². The van der Waals surface area contributed by atoms with E-state index in [9.17, 15) is 4.79 Å². The maximum Gasteiger partial charge on any atom is 0.328 e. The fraction of sp³-hybridized carbons (Fsp3) is 0.312. The topological polar surface area (TPSA) is 53.7 Å². The molecule has 0 amide bonds. The van der Waals surface area contributed by atoms with Crippen LogP contribution in [0.4, 0.5) is 0 Å². The molecule has 1 saturated carbocycles. The minimum atomic E-state index is -0.915. The van der Waals surface area contributed by atoms with Crippen molar-refractivity contribution in [2.75, 3.05) is 0 Å². The first-order valence-electron chi connectivity index (χ1n) is 6.96. The van der Waals surface area contributed by atoms with E-state index in [1.807, 2.05) is 23.6 Å². The van der Waals surface area contributed by atoms with Crippen LogP contribution in [0.15, 0.2) is 40.3 Å². The van der Waals surface area contributed by atoms with Crippen LogP contribution < -0.4 is 0 Å². The Morgan fingerprint density at radius 2 is 2.29 bits per heavy atom. The fourth-order valence-electron chi connectivity index (χ4n) is 2.33. The molecule has 0 atom stereocenters. The van der Waals surface area contributed by atoms with Crippen molar-refractivity contribution in [3.05, 3.63) is 52.1 Å². The number of aliphatic carboxylic acids is 1. The van der Waals surface area contributed by atoms with Crippen molar-refractivity contribution >= 4 is 23.4 Å². The van der Waals surface area contributed by atoms with Gasteiger partial charge in [-0.3, -0.25) is 4.90 Å². The summed E-state index contributed by atoms with van der Waals surface area (Å²) in [4.78, 5) is 14.3. The van der Waals surface area contributed by atoms with Crippen LogP contribution in [0.5, 0.6) is 0 Å². The van der Waals surface area contributed by atoms with E-state index in [0.29, 0.717) is 6.04 Å². The molecule has 0 aliphatic heterocycles. The molecule has 21 heavy (non-hydrogen) atoms. The highest BCUT2D eigenvalue weighted by Crippen LogP contribution is 2.32. The average molecular weight is 303 g/mol. The molecule has 5 heteroatoms. The molecule has 1 aliphatic carbocycles. The second-order valence-corrected chi connectivity index (χ2v) is 6.19. The molecule has 1 aliphatic rings. The first kappa shape index (κ1) is 14.1. The predicted octanol–water partition coefficient (Wildman–Crippen LogP) is 3.60. The number of nitrogens with zero attached hydrogens (tertiary/aromatic N) is 1. The Labute approximate surface area is 127 Å². The van der Waals surface area contributed by atoms with Crippen molar-refractivity contribution in [1.82, 2.24) is 4.90 Å². The molecule has 0 bridgehead atoms. The standard InChI is InChI=1S/C16H17NO3S/c18-16(19)6-3-12-7-9-21-15(12)11-17(13-4-5-13)10-14-2-1-8-20-14/h1-3,6-9,13H,4-5,10-11H2,(H,18,19). The number of carboxylic acids is 1. The molecule has 0 saturated heterocycles. The van der Waals surface area contributed by atoms with Gasteiger partial charge in [0.1, 0.15) is 5.76 Å². The second kappa shape index (κ2) is 6.28. The zero-order valence-electron chi connectivity index (χ0n) is 11.6. The van der Waals surface area contributed by atoms with E-state index >= 15 is 0 Å². The maximum atomic E-state index is 10.7. The van der Waals surface area contributed by atoms with Crippen molar-refractivity contribution in [2.45, 2.75) is 32.0 Å². The van der Waals surface area contributed by atoms with Crippen LogP contribution in [0.25, 0.3) is 6.08 Å². The van der Waals surface area contributed by atoms with Crippen molar-refractivity contribution in [1.29, 1.82) is 0 Å². The number of hydrogen-bond acceptors (Lipinski definition) is 4. The van der Waals surface area contributed by atoms with Crippen molar-refractivity contribution in [3.8, 4) is 0 Å².